The van der Waals surface area contributed by atoms with E-state index in [4.69, 9.17) is 0 Å². The highest BCUT2D eigenvalue weighted by atomic mass is 32.2. The van der Waals surface area contributed by atoms with E-state index < -0.39 is 28.5 Å². The Bertz CT molecular complexity index is 1310. The quantitative estimate of drug-likeness (QED) is 0.415. The van der Waals surface area contributed by atoms with E-state index in [1.54, 1.807) is 6.07 Å². The minimum absolute atomic E-state index is 0.165. The van der Waals surface area contributed by atoms with Crippen LogP contribution in [0.5, 0.6) is 0 Å². The van der Waals surface area contributed by atoms with Crippen molar-refractivity contribution >= 4 is 27.5 Å². The third-order valence-electron chi connectivity index (χ3n) is 6.13. The number of carbonyl (C=O) groups excluding carboxylic acids is 2. The molecular formula is C29H35N3O4S. The first-order valence-electron chi connectivity index (χ1n) is 12.3. The number of nitrogens with zero attached hydrogens (tertiary/aromatic N) is 2. The Labute approximate surface area is 220 Å². The van der Waals surface area contributed by atoms with E-state index in [9.17, 15) is 18.0 Å². The molecule has 0 aliphatic rings. The number of rotatable bonds is 11. The zero-order valence-electron chi connectivity index (χ0n) is 21.8. The molecule has 2 amide bonds. The van der Waals surface area contributed by atoms with Crippen molar-refractivity contribution in [2.75, 3.05) is 23.7 Å². The molecule has 37 heavy (non-hydrogen) atoms. The molecule has 8 heteroatoms. The molecule has 3 aromatic rings. The Morgan fingerprint density at radius 2 is 1.49 bits per heavy atom. The molecule has 1 N–H and O–H groups in total. The second-order valence-electron chi connectivity index (χ2n) is 9.17. The van der Waals surface area contributed by atoms with Gasteiger partial charge in [-0.3, -0.25) is 13.9 Å². The number of likely N-dealkylation sites (N-methyl/N-ethyl adjacent to an activating group) is 1. The van der Waals surface area contributed by atoms with Crippen LogP contribution in [0.3, 0.4) is 0 Å². The molecule has 0 spiro atoms. The van der Waals surface area contributed by atoms with Gasteiger partial charge in [-0.1, -0.05) is 72.8 Å². The van der Waals surface area contributed by atoms with Crippen LogP contribution in [0.2, 0.25) is 0 Å². The normalized spacial score (nSPS) is 12.0. The number of anilines is 1. The highest BCUT2D eigenvalue weighted by Crippen LogP contribution is 2.25. The van der Waals surface area contributed by atoms with Gasteiger partial charge in [-0.05, 0) is 49.1 Å². The summed E-state index contributed by atoms with van der Waals surface area (Å²) in [7, 11) is -3.79. The zero-order chi connectivity index (χ0) is 27.0. The van der Waals surface area contributed by atoms with Crippen molar-refractivity contribution in [1.29, 1.82) is 0 Å². The fraction of sp³-hybridized carbons (Fsp3) is 0.310. The topological polar surface area (TPSA) is 86.8 Å². The predicted molar refractivity (Wildman–Crippen MR) is 148 cm³/mol. The van der Waals surface area contributed by atoms with Gasteiger partial charge in [-0.2, -0.15) is 0 Å². The Kier molecular flexibility index (Phi) is 9.47. The third-order valence-corrected chi connectivity index (χ3v) is 7.26. The summed E-state index contributed by atoms with van der Waals surface area (Å²) in [5.41, 5.74) is 3.82. The molecule has 0 unspecified atom stereocenters. The van der Waals surface area contributed by atoms with Crippen molar-refractivity contribution in [3.63, 3.8) is 0 Å². The Morgan fingerprint density at radius 1 is 0.892 bits per heavy atom. The summed E-state index contributed by atoms with van der Waals surface area (Å²) in [6.45, 7) is 5.67. The molecule has 0 aliphatic heterocycles. The van der Waals surface area contributed by atoms with Crippen molar-refractivity contribution < 1.29 is 18.0 Å². The molecule has 196 valence electrons. The van der Waals surface area contributed by atoms with Gasteiger partial charge in [-0.15, -0.1) is 0 Å². The number of benzene rings is 3. The minimum Gasteiger partial charge on any atom is -0.355 e. The van der Waals surface area contributed by atoms with Crippen LogP contribution >= 0.6 is 0 Å². The number of nitrogens with one attached hydrogen (secondary N) is 1. The Hall–Kier alpha value is -3.65. The number of aryl methyl sites for hydroxylation is 2. The van der Waals surface area contributed by atoms with Gasteiger partial charge < -0.3 is 10.2 Å². The standard InChI is InChI=1S/C29H35N3O4S/c1-5-30-29(34)27(19-24-12-8-6-9-13-24)31(20-25-14-10-7-11-15-25)28(33)21-32(37(4,35)36)26-18-22(2)16-17-23(26)3/h6-18,27H,5,19-21H2,1-4H3,(H,30,34)/t27-/m0/s1. The molecule has 0 heterocycles. The van der Waals surface area contributed by atoms with Crippen LogP contribution in [0.15, 0.2) is 78.9 Å². The lowest BCUT2D eigenvalue weighted by Crippen LogP contribution is -2.53. The highest BCUT2D eigenvalue weighted by Gasteiger charge is 2.33. The maximum Gasteiger partial charge on any atom is 0.244 e. The van der Waals surface area contributed by atoms with Crippen LogP contribution in [0.1, 0.15) is 29.2 Å². The largest absolute Gasteiger partial charge is 0.355 e. The summed E-state index contributed by atoms with van der Waals surface area (Å²) >= 11 is 0. The maximum absolute atomic E-state index is 14.0. The molecule has 0 saturated heterocycles. The number of carbonyl (C=O) groups is 2. The van der Waals surface area contributed by atoms with Crippen LogP contribution in [-0.2, 0) is 32.6 Å². The van der Waals surface area contributed by atoms with Crippen molar-refractivity contribution in [2.24, 2.45) is 0 Å². The fourth-order valence-corrected chi connectivity index (χ4v) is 5.11. The third kappa shape index (κ3) is 7.67. The number of sulfonamides is 1. The second kappa shape index (κ2) is 12.5. The van der Waals surface area contributed by atoms with Crippen LogP contribution in [0.25, 0.3) is 0 Å². The van der Waals surface area contributed by atoms with Gasteiger partial charge in [0.25, 0.3) is 0 Å². The molecule has 0 fully saturated rings. The molecule has 0 aromatic heterocycles. The van der Waals surface area contributed by atoms with Crippen molar-refractivity contribution in [2.45, 2.75) is 39.8 Å². The molecule has 0 aliphatic carbocycles. The average Bonchev–Trinajstić information content (AvgIpc) is 2.87. The molecule has 1 atom stereocenters. The van der Waals surface area contributed by atoms with E-state index in [1.165, 1.54) is 4.90 Å². The summed E-state index contributed by atoms with van der Waals surface area (Å²) < 4.78 is 26.9. The van der Waals surface area contributed by atoms with Crippen LogP contribution in [0, 0.1) is 13.8 Å². The lowest BCUT2D eigenvalue weighted by molar-refractivity contribution is -0.140. The molecule has 3 rings (SSSR count). The molecule has 0 saturated carbocycles. The summed E-state index contributed by atoms with van der Waals surface area (Å²) in [5.74, 6) is -0.740. The van der Waals surface area contributed by atoms with Gasteiger partial charge in [0.1, 0.15) is 12.6 Å². The number of hydrogen-bond donors (Lipinski definition) is 1. The van der Waals surface area contributed by atoms with Crippen LogP contribution in [0.4, 0.5) is 5.69 Å². The maximum atomic E-state index is 14.0. The summed E-state index contributed by atoms with van der Waals surface area (Å²) in [6.07, 6.45) is 1.39. The van der Waals surface area contributed by atoms with E-state index in [1.807, 2.05) is 93.6 Å². The molecule has 0 radical (unpaired) electrons. The first-order chi connectivity index (χ1) is 17.6. The fourth-order valence-electron chi connectivity index (χ4n) is 4.21. The monoisotopic (exact) mass is 521 g/mol. The van der Waals surface area contributed by atoms with Crippen molar-refractivity contribution in [3.8, 4) is 0 Å². The van der Waals surface area contributed by atoms with Gasteiger partial charge in [0.15, 0.2) is 0 Å². The molecule has 0 bridgehead atoms. The lowest BCUT2D eigenvalue weighted by Gasteiger charge is -2.33. The van der Waals surface area contributed by atoms with Gasteiger partial charge in [0, 0.05) is 19.5 Å². The van der Waals surface area contributed by atoms with Gasteiger partial charge in [-0.25, -0.2) is 8.42 Å². The Balaban J connectivity index is 2.04. The average molecular weight is 522 g/mol. The number of amides is 2. The first kappa shape index (κ1) is 27.9. The summed E-state index contributed by atoms with van der Waals surface area (Å²) in [4.78, 5) is 28.7. The van der Waals surface area contributed by atoms with Gasteiger partial charge in [0.05, 0.1) is 11.9 Å². The lowest BCUT2D eigenvalue weighted by atomic mass is 10.0. The second-order valence-corrected chi connectivity index (χ2v) is 11.1. The minimum atomic E-state index is -3.79. The van der Waals surface area contributed by atoms with E-state index in [-0.39, 0.29) is 12.5 Å². The van der Waals surface area contributed by atoms with Crippen LogP contribution in [-0.4, -0.2) is 50.5 Å². The van der Waals surface area contributed by atoms with E-state index in [2.05, 4.69) is 5.32 Å². The molecule has 3 aromatic carbocycles. The number of hydrogen-bond acceptors (Lipinski definition) is 4. The van der Waals surface area contributed by atoms with Crippen molar-refractivity contribution in [3.05, 3.63) is 101 Å². The van der Waals surface area contributed by atoms with Crippen LogP contribution < -0.4 is 9.62 Å². The SMILES string of the molecule is CCNC(=O)[C@H](Cc1ccccc1)N(Cc1ccccc1)C(=O)CN(c1cc(C)ccc1C)S(C)(=O)=O. The van der Waals surface area contributed by atoms with Crippen molar-refractivity contribution in [1.82, 2.24) is 10.2 Å². The predicted octanol–water partition coefficient (Wildman–Crippen LogP) is 3.85. The van der Waals surface area contributed by atoms with Gasteiger partial charge in [0.2, 0.25) is 21.8 Å². The smallest absolute Gasteiger partial charge is 0.244 e. The van der Waals surface area contributed by atoms with E-state index >= 15 is 0 Å². The zero-order valence-corrected chi connectivity index (χ0v) is 22.7. The van der Waals surface area contributed by atoms with E-state index in [0.29, 0.717) is 18.7 Å². The summed E-state index contributed by atoms with van der Waals surface area (Å²) in [5, 5.41) is 2.85. The molecule has 7 nitrogen and oxygen atoms in total. The Morgan fingerprint density at radius 3 is 2.05 bits per heavy atom. The summed E-state index contributed by atoms with van der Waals surface area (Å²) in [6, 6.07) is 23.6. The van der Waals surface area contributed by atoms with E-state index in [0.717, 1.165) is 32.8 Å². The van der Waals surface area contributed by atoms with Gasteiger partial charge >= 0.3 is 0 Å². The molecular weight excluding hydrogens is 486 g/mol. The highest BCUT2D eigenvalue weighted by molar-refractivity contribution is 7.92. The first-order valence-corrected chi connectivity index (χ1v) is 14.1.